The van der Waals surface area contributed by atoms with Gasteiger partial charge in [-0.3, -0.25) is 9.59 Å². The standard InChI is InChI=1S/C18H17N3O2/c1-14(22)21(17-9-7-15(11-19)8-10-17)13-18(23)20-12-16-5-3-2-4-6-16/h2-10H,12-13H2,1H3,(H,20,23). The quantitative estimate of drug-likeness (QED) is 0.920. The molecule has 2 rings (SSSR count). The highest BCUT2D eigenvalue weighted by atomic mass is 16.2. The highest BCUT2D eigenvalue weighted by Crippen LogP contribution is 2.15. The first-order valence-corrected chi connectivity index (χ1v) is 7.19. The highest BCUT2D eigenvalue weighted by molar-refractivity contribution is 5.97. The lowest BCUT2D eigenvalue weighted by Crippen LogP contribution is -2.39. The van der Waals surface area contributed by atoms with Gasteiger partial charge in [0.2, 0.25) is 11.8 Å². The van der Waals surface area contributed by atoms with Crippen molar-refractivity contribution < 1.29 is 9.59 Å². The number of nitrogens with zero attached hydrogens (tertiary/aromatic N) is 2. The summed E-state index contributed by atoms with van der Waals surface area (Å²) in [6.45, 7) is 1.76. The van der Waals surface area contributed by atoms with Crippen molar-refractivity contribution >= 4 is 17.5 Å². The fraction of sp³-hybridized carbons (Fsp3) is 0.167. The second kappa shape index (κ2) is 7.76. The van der Waals surface area contributed by atoms with E-state index in [0.717, 1.165) is 5.56 Å². The third-order valence-corrected chi connectivity index (χ3v) is 3.32. The third-order valence-electron chi connectivity index (χ3n) is 3.32. The summed E-state index contributed by atoms with van der Waals surface area (Å²) in [5.74, 6) is -0.474. The van der Waals surface area contributed by atoms with E-state index in [1.54, 1.807) is 24.3 Å². The van der Waals surface area contributed by atoms with Crippen LogP contribution in [0.25, 0.3) is 0 Å². The molecule has 2 aromatic rings. The van der Waals surface area contributed by atoms with Crippen LogP contribution in [0.5, 0.6) is 0 Å². The molecule has 0 aliphatic carbocycles. The average molecular weight is 307 g/mol. The Morgan fingerprint density at radius 3 is 2.30 bits per heavy atom. The molecule has 5 heteroatoms. The molecule has 5 nitrogen and oxygen atoms in total. The van der Waals surface area contributed by atoms with Gasteiger partial charge in [-0.25, -0.2) is 0 Å². The summed E-state index contributed by atoms with van der Waals surface area (Å²) in [6.07, 6.45) is 0. The summed E-state index contributed by atoms with van der Waals surface area (Å²) in [6, 6.07) is 18.1. The molecule has 0 saturated heterocycles. The number of hydrogen-bond acceptors (Lipinski definition) is 3. The molecule has 0 saturated carbocycles. The van der Waals surface area contributed by atoms with Crippen molar-refractivity contribution in [2.45, 2.75) is 13.5 Å². The lowest BCUT2D eigenvalue weighted by atomic mass is 10.2. The van der Waals surface area contributed by atoms with Crippen LogP contribution in [0.2, 0.25) is 0 Å². The lowest BCUT2D eigenvalue weighted by Gasteiger charge is -2.20. The molecular weight excluding hydrogens is 290 g/mol. The van der Waals surface area contributed by atoms with E-state index in [9.17, 15) is 9.59 Å². The van der Waals surface area contributed by atoms with Crippen LogP contribution >= 0.6 is 0 Å². The van der Waals surface area contributed by atoms with Crippen LogP contribution in [0.15, 0.2) is 54.6 Å². The molecule has 23 heavy (non-hydrogen) atoms. The maximum atomic E-state index is 12.1. The van der Waals surface area contributed by atoms with Crippen molar-refractivity contribution in [1.29, 1.82) is 5.26 Å². The van der Waals surface area contributed by atoms with Crippen molar-refractivity contribution in [1.82, 2.24) is 5.32 Å². The fourth-order valence-electron chi connectivity index (χ4n) is 2.10. The zero-order valence-corrected chi connectivity index (χ0v) is 12.8. The summed E-state index contributed by atoms with van der Waals surface area (Å²) in [4.78, 5) is 25.2. The van der Waals surface area contributed by atoms with Gasteiger partial charge in [-0.2, -0.15) is 5.26 Å². The molecule has 0 aliphatic heterocycles. The number of nitriles is 1. The lowest BCUT2D eigenvalue weighted by molar-refractivity contribution is -0.123. The minimum Gasteiger partial charge on any atom is -0.350 e. The van der Waals surface area contributed by atoms with E-state index in [2.05, 4.69) is 5.32 Å². The number of anilines is 1. The van der Waals surface area contributed by atoms with Gasteiger partial charge in [0.25, 0.3) is 0 Å². The Hall–Kier alpha value is -3.13. The van der Waals surface area contributed by atoms with E-state index in [0.29, 0.717) is 17.8 Å². The third kappa shape index (κ3) is 4.68. The summed E-state index contributed by atoms with van der Waals surface area (Å²) >= 11 is 0. The topological polar surface area (TPSA) is 73.2 Å². The normalized spacial score (nSPS) is 9.74. The van der Waals surface area contributed by atoms with Gasteiger partial charge in [-0.15, -0.1) is 0 Å². The van der Waals surface area contributed by atoms with Crippen LogP contribution in [0.3, 0.4) is 0 Å². The van der Waals surface area contributed by atoms with E-state index in [-0.39, 0.29) is 18.4 Å². The summed E-state index contributed by atoms with van der Waals surface area (Å²) in [5, 5.41) is 11.6. The van der Waals surface area contributed by atoms with E-state index in [1.165, 1.54) is 11.8 Å². The Morgan fingerprint density at radius 1 is 1.09 bits per heavy atom. The summed E-state index contributed by atoms with van der Waals surface area (Å²) < 4.78 is 0. The number of amides is 2. The Morgan fingerprint density at radius 2 is 1.74 bits per heavy atom. The van der Waals surface area contributed by atoms with E-state index in [4.69, 9.17) is 5.26 Å². The molecule has 0 unspecified atom stereocenters. The SMILES string of the molecule is CC(=O)N(CC(=O)NCc1ccccc1)c1ccc(C#N)cc1. The Bertz CT molecular complexity index is 718. The molecule has 0 aromatic heterocycles. The predicted octanol–water partition coefficient (Wildman–Crippen LogP) is 2.23. The smallest absolute Gasteiger partial charge is 0.240 e. The van der Waals surface area contributed by atoms with Crippen LogP contribution in [0.4, 0.5) is 5.69 Å². The monoisotopic (exact) mass is 307 g/mol. The van der Waals surface area contributed by atoms with Gasteiger partial charge < -0.3 is 10.2 Å². The molecule has 0 aliphatic rings. The summed E-state index contributed by atoms with van der Waals surface area (Å²) in [5.41, 5.74) is 2.09. The van der Waals surface area contributed by atoms with Gasteiger partial charge in [0.05, 0.1) is 11.6 Å². The van der Waals surface area contributed by atoms with Gasteiger partial charge in [0, 0.05) is 19.2 Å². The molecule has 0 radical (unpaired) electrons. The largest absolute Gasteiger partial charge is 0.350 e. The number of carbonyl (C=O) groups excluding carboxylic acids is 2. The first kappa shape index (κ1) is 16.2. The van der Waals surface area contributed by atoms with Crippen LogP contribution in [0, 0.1) is 11.3 Å². The number of hydrogen-bond donors (Lipinski definition) is 1. The highest BCUT2D eigenvalue weighted by Gasteiger charge is 2.15. The number of nitrogens with one attached hydrogen (secondary N) is 1. The first-order valence-electron chi connectivity index (χ1n) is 7.19. The molecule has 116 valence electrons. The van der Waals surface area contributed by atoms with Gasteiger partial charge in [-0.1, -0.05) is 30.3 Å². The maximum absolute atomic E-state index is 12.1. The van der Waals surface area contributed by atoms with E-state index < -0.39 is 0 Å². The molecule has 0 heterocycles. The van der Waals surface area contributed by atoms with Crippen molar-refractivity contribution in [2.75, 3.05) is 11.4 Å². The number of carbonyl (C=O) groups is 2. The van der Waals surface area contributed by atoms with Crippen molar-refractivity contribution in [2.24, 2.45) is 0 Å². The molecule has 2 aromatic carbocycles. The molecule has 2 amide bonds. The second-order valence-electron chi connectivity index (χ2n) is 5.03. The van der Waals surface area contributed by atoms with E-state index in [1.807, 2.05) is 36.4 Å². The van der Waals surface area contributed by atoms with Gasteiger partial charge in [0.1, 0.15) is 6.54 Å². The Balaban J connectivity index is 1.99. The van der Waals surface area contributed by atoms with Gasteiger partial charge in [0.15, 0.2) is 0 Å². The van der Waals surface area contributed by atoms with Crippen LogP contribution in [-0.4, -0.2) is 18.4 Å². The summed E-state index contributed by atoms with van der Waals surface area (Å²) in [7, 11) is 0. The van der Waals surface area contributed by atoms with Crippen LogP contribution in [-0.2, 0) is 16.1 Å². The van der Waals surface area contributed by atoms with Crippen LogP contribution < -0.4 is 10.2 Å². The van der Waals surface area contributed by atoms with Gasteiger partial charge >= 0.3 is 0 Å². The molecule has 0 bridgehead atoms. The van der Waals surface area contributed by atoms with E-state index >= 15 is 0 Å². The molecule has 1 N–H and O–H groups in total. The Kier molecular flexibility index (Phi) is 5.48. The number of benzene rings is 2. The number of rotatable bonds is 5. The first-order chi connectivity index (χ1) is 11.1. The molecule has 0 spiro atoms. The molecule has 0 fully saturated rings. The Labute approximate surface area is 135 Å². The zero-order valence-electron chi connectivity index (χ0n) is 12.8. The predicted molar refractivity (Wildman–Crippen MR) is 87.5 cm³/mol. The zero-order chi connectivity index (χ0) is 16.7. The molecular formula is C18H17N3O2. The van der Waals surface area contributed by atoms with Crippen molar-refractivity contribution in [3.05, 3.63) is 65.7 Å². The van der Waals surface area contributed by atoms with Crippen molar-refractivity contribution in [3.63, 3.8) is 0 Å². The minimum absolute atomic E-state index is 0.0614. The fourth-order valence-corrected chi connectivity index (χ4v) is 2.10. The maximum Gasteiger partial charge on any atom is 0.240 e. The molecule has 0 atom stereocenters. The van der Waals surface area contributed by atoms with Crippen LogP contribution in [0.1, 0.15) is 18.1 Å². The van der Waals surface area contributed by atoms with Gasteiger partial charge in [-0.05, 0) is 29.8 Å². The van der Waals surface area contributed by atoms with Crippen molar-refractivity contribution in [3.8, 4) is 6.07 Å². The minimum atomic E-state index is -0.242. The average Bonchev–Trinajstić information content (AvgIpc) is 2.58. The second-order valence-corrected chi connectivity index (χ2v) is 5.03.